The first-order chi connectivity index (χ1) is 12.4. The molecule has 1 aromatic heterocycles. The molecule has 0 bridgehead atoms. The van der Waals surface area contributed by atoms with Crippen LogP contribution in [0.3, 0.4) is 0 Å². The van der Waals surface area contributed by atoms with Crippen LogP contribution in [0.4, 0.5) is 0 Å². The fourth-order valence-electron chi connectivity index (χ4n) is 2.84. The largest absolute Gasteiger partial charge is 0.337 e. The van der Waals surface area contributed by atoms with Crippen LogP contribution < -0.4 is 0 Å². The van der Waals surface area contributed by atoms with Gasteiger partial charge >= 0.3 is 0 Å². The predicted octanol–water partition coefficient (Wildman–Crippen LogP) is 1.69. The van der Waals surface area contributed by atoms with Crippen molar-refractivity contribution in [1.82, 2.24) is 19.3 Å². The monoisotopic (exact) mass is 378 g/mol. The number of hydrogen-bond acceptors (Lipinski definition) is 6. The van der Waals surface area contributed by atoms with Gasteiger partial charge in [0.15, 0.2) is 5.82 Å². The zero-order valence-corrected chi connectivity index (χ0v) is 15.7. The van der Waals surface area contributed by atoms with E-state index in [0.29, 0.717) is 36.8 Å². The van der Waals surface area contributed by atoms with Gasteiger partial charge in [-0.2, -0.15) is 9.29 Å². The van der Waals surface area contributed by atoms with Gasteiger partial charge in [0.2, 0.25) is 15.9 Å². The molecule has 0 radical (unpaired) electrons. The molecule has 140 valence electrons. The van der Waals surface area contributed by atoms with Crippen LogP contribution in [0, 0.1) is 0 Å². The summed E-state index contributed by atoms with van der Waals surface area (Å²) in [6, 6.07) is 6.04. The Kier molecular flexibility index (Phi) is 5.38. The fourth-order valence-corrected chi connectivity index (χ4v) is 4.36. The van der Waals surface area contributed by atoms with Gasteiger partial charge in [-0.15, -0.1) is 0 Å². The molecule has 26 heavy (non-hydrogen) atoms. The average Bonchev–Trinajstić information content (AvgIpc) is 3.33. The molecule has 1 aliphatic rings. The van der Waals surface area contributed by atoms with E-state index in [-0.39, 0.29) is 17.3 Å². The maximum Gasteiger partial charge on any atom is 0.254 e. The lowest BCUT2D eigenvalue weighted by Gasteiger charge is -2.17. The Hall–Kier alpha value is -2.26. The average molecular weight is 378 g/mol. The number of nitrogens with zero attached hydrogens (tertiary/aromatic N) is 4. The van der Waals surface area contributed by atoms with E-state index >= 15 is 0 Å². The first-order valence-electron chi connectivity index (χ1n) is 8.59. The van der Waals surface area contributed by atoms with Crippen molar-refractivity contribution in [2.75, 3.05) is 20.1 Å². The van der Waals surface area contributed by atoms with Crippen molar-refractivity contribution in [2.24, 2.45) is 0 Å². The van der Waals surface area contributed by atoms with Crippen LogP contribution in [0.5, 0.6) is 0 Å². The molecule has 1 aromatic carbocycles. The summed E-state index contributed by atoms with van der Waals surface area (Å²) in [4.78, 5) is 18.4. The molecule has 1 saturated heterocycles. The third-order valence-corrected chi connectivity index (χ3v) is 6.26. The zero-order chi connectivity index (χ0) is 18.7. The highest BCUT2D eigenvalue weighted by Gasteiger charge is 2.27. The summed E-state index contributed by atoms with van der Waals surface area (Å²) >= 11 is 0. The van der Waals surface area contributed by atoms with Crippen LogP contribution in [-0.4, -0.2) is 53.8 Å². The van der Waals surface area contributed by atoms with Gasteiger partial charge in [-0.25, -0.2) is 8.42 Å². The minimum Gasteiger partial charge on any atom is -0.337 e. The van der Waals surface area contributed by atoms with Gasteiger partial charge in [0.25, 0.3) is 5.91 Å². The molecule has 3 rings (SSSR count). The second kappa shape index (κ2) is 7.55. The highest BCUT2D eigenvalue weighted by molar-refractivity contribution is 7.89. The summed E-state index contributed by atoms with van der Waals surface area (Å²) < 4.78 is 31.6. The quantitative estimate of drug-likeness (QED) is 0.759. The number of carbonyl (C=O) groups excluding carboxylic acids is 1. The zero-order valence-electron chi connectivity index (χ0n) is 14.9. The second-order valence-electron chi connectivity index (χ2n) is 6.25. The van der Waals surface area contributed by atoms with E-state index in [1.165, 1.54) is 33.5 Å². The molecule has 0 aliphatic carbocycles. The summed E-state index contributed by atoms with van der Waals surface area (Å²) in [5.41, 5.74) is 0.406. The van der Waals surface area contributed by atoms with Crippen molar-refractivity contribution in [3.63, 3.8) is 0 Å². The molecule has 0 atom stereocenters. The molecule has 2 aromatic rings. The summed E-state index contributed by atoms with van der Waals surface area (Å²) in [7, 11) is -1.84. The number of rotatable bonds is 6. The lowest BCUT2D eigenvalue weighted by molar-refractivity contribution is 0.0769. The van der Waals surface area contributed by atoms with Gasteiger partial charge in [0.05, 0.1) is 11.4 Å². The molecule has 0 saturated carbocycles. The third kappa shape index (κ3) is 3.78. The predicted molar refractivity (Wildman–Crippen MR) is 93.9 cm³/mol. The van der Waals surface area contributed by atoms with Crippen LogP contribution in [0.15, 0.2) is 33.7 Å². The molecule has 1 amide bonds. The van der Waals surface area contributed by atoms with Crippen LogP contribution in [0.25, 0.3) is 0 Å². The van der Waals surface area contributed by atoms with Crippen LogP contribution >= 0.6 is 0 Å². The Labute approximate surface area is 152 Å². The molecule has 9 heteroatoms. The van der Waals surface area contributed by atoms with Crippen molar-refractivity contribution >= 4 is 15.9 Å². The lowest BCUT2D eigenvalue weighted by atomic mass is 10.2. The number of sulfonamides is 1. The van der Waals surface area contributed by atoms with E-state index in [1.54, 1.807) is 7.05 Å². The number of carbonyl (C=O) groups is 1. The molecule has 1 fully saturated rings. The Morgan fingerprint density at radius 1 is 1.23 bits per heavy atom. The van der Waals surface area contributed by atoms with Gasteiger partial charge < -0.3 is 9.42 Å². The van der Waals surface area contributed by atoms with E-state index in [9.17, 15) is 13.2 Å². The van der Waals surface area contributed by atoms with Gasteiger partial charge in [-0.1, -0.05) is 12.1 Å². The fraction of sp³-hybridized carbons (Fsp3) is 0.471. The number of aromatic nitrogens is 2. The first kappa shape index (κ1) is 18.5. The standard InChI is InChI=1S/C17H22N4O4S/c1-3-15-18-16(25-19-15)12-20(2)17(22)13-6-8-14(9-7-13)26(23,24)21-10-4-5-11-21/h6-9H,3-5,10-12H2,1-2H3. The molecular weight excluding hydrogens is 356 g/mol. The normalized spacial score (nSPS) is 15.3. The minimum atomic E-state index is -3.47. The molecule has 0 N–H and O–H groups in total. The van der Waals surface area contributed by atoms with Gasteiger partial charge in [0, 0.05) is 32.1 Å². The Bertz CT molecular complexity index is 870. The molecule has 8 nitrogen and oxygen atoms in total. The van der Waals surface area contributed by atoms with Crippen LogP contribution in [0.1, 0.15) is 41.8 Å². The summed E-state index contributed by atoms with van der Waals surface area (Å²) in [5, 5.41) is 3.80. The Morgan fingerprint density at radius 2 is 1.88 bits per heavy atom. The van der Waals surface area contributed by atoms with Crippen molar-refractivity contribution in [1.29, 1.82) is 0 Å². The van der Waals surface area contributed by atoms with E-state index in [4.69, 9.17) is 4.52 Å². The van der Waals surface area contributed by atoms with Crippen molar-refractivity contribution in [3.8, 4) is 0 Å². The van der Waals surface area contributed by atoms with Gasteiger partial charge in [-0.3, -0.25) is 4.79 Å². The highest BCUT2D eigenvalue weighted by Crippen LogP contribution is 2.21. The van der Waals surface area contributed by atoms with Crippen molar-refractivity contribution in [3.05, 3.63) is 41.5 Å². The number of amides is 1. The molecule has 0 spiro atoms. The van der Waals surface area contributed by atoms with E-state index in [0.717, 1.165) is 12.8 Å². The maximum atomic E-state index is 12.5. The summed E-state index contributed by atoms with van der Waals surface area (Å²) in [6.45, 7) is 3.21. The van der Waals surface area contributed by atoms with Gasteiger partial charge in [0.1, 0.15) is 0 Å². The second-order valence-corrected chi connectivity index (χ2v) is 8.19. The molecular formula is C17H22N4O4S. The van der Waals surface area contributed by atoms with Crippen molar-refractivity contribution in [2.45, 2.75) is 37.6 Å². The van der Waals surface area contributed by atoms with Crippen molar-refractivity contribution < 1.29 is 17.7 Å². The molecule has 2 heterocycles. The van der Waals surface area contributed by atoms with E-state index in [2.05, 4.69) is 10.1 Å². The lowest BCUT2D eigenvalue weighted by Crippen LogP contribution is -2.28. The van der Waals surface area contributed by atoms with E-state index in [1.807, 2.05) is 6.92 Å². The first-order valence-corrected chi connectivity index (χ1v) is 10.0. The van der Waals surface area contributed by atoms with Crippen LogP contribution in [-0.2, 0) is 23.0 Å². The highest BCUT2D eigenvalue weighted by atomic mass is 32.2. The SMILES string of the molecule is CCc1noc(CN(C)C(=O)c2ccc(S(=O)(=O)N3CCCC3)cc2)n1. The Balaban J connectivity index is 1.70. The number of aryl methyl sites for hydroxylation is 1. The van der Waals surface area contributed by atoms with Gasteiger partial charge in [-0.05, 0) is 37.1 Å². The molecule has 0 unspecified atom stereocenters. The number of benzene rings is 1. The topological polar surface area (TPSA) is 96.6 Å². The Morgan fingerprint density at radius 3 is 2.46 bits per heavy atom. The van der Waals surface area contributed by atoms with Crippen LogP contribution in [0.2, 0.25) is 0 Å². The summed E-state index contributed by atoms with van der Waals surface area (Å²) in [6.07, 6.45) is 2.43. The third-order valence-electron chi connectivity index (χ3n) is 4.35. The molecule has 1 aliphatic heterocycles. The smallest absolute Gasteiger partial charge is 0.254 e. The van der Waals surface area contributed by atoms with E-state index < -0.39 is 10.0 Å². The summed E-state index contributed by atoms with van der Waals surface area (Å²) in [5.74, 6) is 0.717. The number of hydrogen-bond donors (Lipinski definition) is 0. The maximum absolute atomic E-state index is 12.5. The minimum absolute atomic E-state index is 0.194.